The SMILES string of the molecule is CC(C)(C)[Si](C)(C)OCCNC[C@@]1(O)CC[C@@]2(C)[C@@H](CC[C@@H]3[C@@H]2CC[C@]2(C)C(=O)CC[C@@H]32)C1. The molecule has 33 heavy (non-hydrogen) atoms. The Hall–Kier alpha value is -0.233. The lowest BCUT2D eigenvalue weighted by Crippen LogP contribution is -2.57. The van der Waals surface area contributed by atoms with Gasteiger partial charge in [-0.1, -0.05) is 34.6 Å². The van der Waals surface area contributed by atoms with Crippen molar-refractivity contribution in [3.05, 3.63) is 0 Å². The summed E-state index contributed by atoms with van der Waals surface area (Å²) in [6.07, 6.45) is 9.73. The molecule has 2 N–H and O–H groups in total. The van der Waals surface area contributed by atoms with Crippen LogP contribution in [-0.4, -0.2) is 44.5 Å². The third kappa shape index (κ3) is 4.54. The zero-order valence-corrected chi connectivity index (χ0v) is 23.6. The fraction of sp³-hybridized carbons (Fsp3) is 0.964. The average molecular weight is 478 g/mol. The molecule has 0 aromatic carbocycles. The molecule has 4 rings (SSSR count). The largest absolute Gasteiger partial charge is 0.416 e. The number of fused-ring (bicyclic) bond motifs is 5. The Kier molecular flexibility index (Phi) is 6.82. The smallest absolute Gasteiger partial charge is 0.192 e. The van der Waals surface area contributed by atoms with Gasteiger partial charge in [-0.3, -0.25) is 4.79 Å². The minimum Gasteiger partial charge on any atom is -0.416 e. The third-order valence-electron chi connectivity index (χ3n) is 11.5. The number of hydrogen-bond donors (Lipinski definition) is 2. The highest BCUT2D eigenvalue weighted by Crippen LogP contribution is 2.66. The van der Waals surface area contributed by atoms with Crippen molar-refractivity contribution < 1.29 is 14.3 Å². The van der Waals surface area contributed by atoms with Crippen molar-refractivity contribution in [1.29, 1.82) is 0 Å². The molecular formula is C28H51NO3Si. The molecule has 0 aliphatic heterocycles. The maximum Gasteiger partial charge on any atom is 0.192 e. The van der Waals surface area contributed by atoms with Crippen molar-refractivity contribution >= 4 is 14.1 Å². The van der Waals surface area contributed by atoms with Gasteiger partial charge in [0, 0.05) is 31.5 Å². The number of carbonyl (C=O) groups is 1. The maximum absolute atomic E-state index is 12.7. The summed E-state index contributed by atoms with van der Waals surface area (Å²) in [5, 5.41) is 15.3. The summed E-state index contributed by atoms with van der Waals surface area (Å²) in [5.41, 5.74) is -0.274. The Morgan fingerprint density at radius 1 is 1.06 bits per heavy atom. The molecular weight excluding hydrogens is 426 g/mol. The topological polar surface area (TPSA) is 58.6 Å². The summed E-state index contributed by atoms with van der Waals surface area (Å²) < 4.78 is 6.30. The lowest BCUT2D eigenvalue weighted by molar-refractivity contribution is -0.153. The van der Waals surface area contributed by atoms with Crippen LogP contribution in [0.5, 0.6) is 0 Å². The van der Waals surface area contributed by atoms with Crippen LogP contribution in [0.1, 0.15) is 92.4 Å². The predicted octanol–water partition coefficient (Wildman–Crippen LogP) is 5.94. The lowest BCUT2D eigenvalue weighted by atomic mass is 9.44. The monoisotopic (exact) mass is 477 g/mol. The van der Waals surface area contributed by atoms with E-state index in [9.17, 15) is 9.90 Å². The highest BCUT2D eigenvalue weighted by atomic mass is 28.4. The van der Waals surface area contributed by atoms with E-state index < -0.39 is 13.9 Å². The quantitative estimate of drug-likeness (QED) is 0.367. The van der Waals surface area contributed by atoms with Crippen LogP contribution in [0.4, 0.5) is 0 Å². The predicted molar refractivity (Wildman–Crippen MR) is 138 cm³/mol. The van der Waals surface area contributed by atoms with Gasteiger partial charge in [-0.15, -0.1) is 0 Å². The van der Waals surface area contributed by atoms with E-state index in [0.29, 0.717) is 29.6 Å². The molecule has 4 saturated carbocycles. The Balaban J connectivity index is 1.31. The fourth-order valence-corrected chi connectivity index (χ4v) is 9.22. The Morgan fingerprint density at radius 3 is 2.48 bits per heavy atom. The zero-order valence-electron chi connectivity index (χ0n) is 22.6. The average Bonchev–Trinajstić information content (AvgIpc) is 3.02. The molecule has 0 heterocycles. The normalized spacial score (nSPS) is 43.7. The first-order valence-electron chi connectivity index (χ1n) is 13.8. The van der Waals surface area contributed by atoms with Gasteiger partial charge in [-0.2, -0.15) is 0 Å². The van der Waals surface area contributed by atoms with E-state index in [0.717, 1.165) is 63.5 Å². The second-order valence-corrected chi connectivity index (χ2v) is 19.1. The molecule has 0 spiro atoms. The van der Waals surface area contributed by atoms with E-state index in [4.69, 9.17) is 4.43 Å². The van der Waals surface area contributed by atoms with Crippen LogP contribution in [0.25, 0.3) is 0 Å². The molecule has 0 aromatic heterocycles. The minimum absolute atomic E-state index is 0.0316. The Bertz CT molecular complexity index is 748. The number of rotatable bonds is 6. The van der Waals surface area contributed by atoms with Gasteiger partial charge in [0.05, 0.1) is 5.60 Å². The first kappa shape index (κ1) is 25.8. The molecule has 4 aliphatic rings. The van der Waals surface area contributed by atoms with E-state index in [1.165, 1.54) is 19.3 Å². The van der Waals surface area contributed by atoms with Gasteiger partial charge in [0.25, 0.3) is 0 Å². The molecule has 4 aliphatic carbocycles. The summed E-state index contributed by atoms with van der Waals surface area (Å²) in [5.74, 6) is 3.25. The number of nitrogens with one attached hydrogen (secondary N) is 1. The van der Waals surface area contributed by atoms with Gasteiger partial charge in [0.15, 0.2) is 8.32 Å². The van der Waals surface area contributed by atoms with Gasteiger partial charge in [-0.25, -0.2) is 0 Å². The van der Waals surface area contributed by atoms with E-state index in [-0.39, 0.29) is 10.5 Å². The standard InChI is InChI=1S/C28H51NO3Si/c1-25(2,3)33(6,7)32-17-16-29-19-28(31)15-14-26(4)20(18-28)8-9-21-22-10-11-24(30)27(22,5)13-12-23(21)26/h20-23,29,31H,8-19H2,1-7H3/t20-,21-,22-,23-,26-,27-,28+/m0/s1. The van der Waals surface area contributed by atoms with E-state index in [1.54, 1.807) is 0 Å². The van der Waals surface area contributed by atoms with Crippen LogP contribution < -0.4 is 5.32 Å². The second kappa shape index (κ2) is 8.71. The number of aliphatic hydroxyl groups is 1. The molecule has 0 saturated heterocycles. The van der Waals surface area contributed by atoms with Crippen LogP contribution in [-0.2, 0) is 9.22 Å². The fourth-order valence-electron chi connectivity index (χ4n) is 8.17. The molecule has 0 amide bonds. The molecule has 0 unspecified atom stereocenters. The second-order valence-electron chi connectivity index (χ2n) is 14.3. The minimum atomic E-state index is -1.71. The van der Waals surface area contributed by atoms with Crippen LogP contribution in [0, 0.1) is 34.5 Å². The van der Waals surface area contributed by atoms with Gasteiger partial charge < -0.3 is 14.8 Å². The van der Waals surface area contributed by atoms with Gasteiger partial charge in [-0.05, 0) is 98.6 Å². The molecule has 0 radical (unpaired) electrons. The van der Waals surface area contributed by atoms with E-state index in [1.807, 2.05) is 0 Å². The van der Waals surface area contributed by atoms with Crippen molar-refractivity contribution in [3.63, 3.8) is 0 Å². The zero-order chi connectivity index (χ0) is 24.3. The summed E-state index contributed by atoms with van der Waals surface area (Å²) >= 11 is 0. The van der Waals surface area contributed by atoms with Gasteiger partial charge in [0.1, 0.15) is 5.78 Å². The number of Topliss-reactive ketones (excluding diaryl/α,β-unsaturated/α-hetero) is 1. The maximum atomic E-state index is 12.7. The number of hydrogen-bond acceptors (Lipinski definition) is 4. The van der Waals surface area contributed by atoms with Gasteiger partial charge in [0.2, 0.25) is 0 Å². The summed E-state index contributed by atoms with van der Waals surface area (Å²) in [4.78, 5) is 12.7. The summed E-state index contributed by atoms with van der Waals surface area (Å²) in [7, 11) is -1.71. The molecule has 5 heteroatoms. The van der Waals surface area contributed by atoms with E-state index in [2.05, 4.69) is 53.0 Å². The first-order valence-corrected chi connectivity index (χ1v) is 16.7. The van der Waals surface area contributed by atoms with Crippen LogP contribution in [0.3, 0.4) is 0 Å². The summed E-state index contributed by atoms with van der Waals surface area (Å²) in [6.45, 7) is 18.5. The Labute approximate surface area is 204 Å². The lowest BCUT2D eigenvalue weighted by Gasteiger charge is -2.61. The highest BCUT2D eigenvalue weighted by molar-refractivity contribution is 6.74. The van der Waals surface area contributed by atoms with Crippen LogP contribution in [0.15, 0.2) is 0 Å². The third-order valence-corrected chi connectivity index (χ3v) is 16.1. The number of carbonyl (C=O) groups excluding carboxylic acids is 1. The van der Waals surface area contributed by atoms with Crippen molar-refractivity contribution in [2.75, 3.05) is 19.7 Å². The summed E-state index contributed by atoms with van der Waals surface area (Å²) in [6, 6.07) is 0. The first-order chi connectivity index (χ1) is 15.2. The van der Waals surface area contributed by atoms with Crippen molar-refractivity contribution in [1.82, 2.24) is 5.32 Å². The molecule has 190 valence electrons. The molecule has 0 aromatic rings. The van der Waals surface area contributed by atoms with Crippen molar-refractivity contribution in [2.45, 2.75) is 116 Å². The Morgan fingerprint density at radius 2 is 1.79 bits per heavy atom. The van der Waals surface area contributed by atoms with Gasteiger partial charge >= 0.3 is 0 Å². The van der Waals surface area contributed by atoms with E-state index >= 15 is 0 Å². The van der Waals surface area contributed by atoms with Crippen LogP contribution in [0.2, 0.25) is 18.1 Å². The molecule has 0 bridgehead atoms. The number of ketones is 1. The molecule has 7 atom stereocenters. The highest BCUT2D eigenvalue weighted by Gasteiger charge is 2.61. The molecule has 4 nitrogen and oxygen atoms in total. The van der Waals surface area contributed by atoms with Crippen molar-refractivity contribution in [2.24, 2.45) is 34.5 Å². The van der Waals surface area contributed by atoms with Crippen LogP contribution >= 0.6 is 0 Å². The van der Waals surface area contributed by atoms with Crippen molar-refractivity contribution in [3.8, 4) is 0 Å². The molecule has 4 fully saturated rings.